The number of ether oxygens (including phenoxy) is 1. The van der Waals surface area contributed by atoms with Crippen LogP contribution < -0.4 is 10.5 Å². The van der Waals surface area contributed by atoms with Gasteiger partial charge in [-0.05, 0) is 24.1 Å². The maximum absolute atomic E-state index is 13.4. The second-order valence-electron chi connectivity index (χ2n) is 3.21. The van der Waals surface area contributed by atoms with Gasteiger partial charge in [0.2, 0.25) is 0 Å². The van der Waals surface area contributed by atoms with Gasteiger partial charge in [0.15, 0.2) is 0 Å². The zero-order chi connectivity index (χ0) is 10.6. The van der Waals surface area contributed by atoms with Gasteiger partial charge in [-0.25, -0.2) is 4.39 Å². The van der Waals surface area contributed by atoms with E-state index in [0.717, 1.165) is 12.8 Å². The van der Waals surface area contributed by atoms with Crippen molar-refractivity contribution in [3.8, 4) is 5.75 Å². The molecule has 0 aliphatic rings. The van der Waals surface area contributed by atoms with Crippen LogP contribution in [0, 0.1) is 5.82 Å². The molecule has 0 aliphatic heterocycles. The molecule has 0 aliphatic carbocycles. The number of halogens is 1. The van der Waals surface area contributed by atoms with Crippen LogP contribution in [-0.4, -0.2) is 7.11 Å². The Labute approximate surface area is 83.9 Å². The van der Waals surface area contributed by atoms with E-state index in [0.29, 0.717) is 23.4 Å². The molecule has 2 nitrogen and oxygen atoms in total. The molecule has 0 unspecified atom stereocenters. The highest BCUT2D eigenvalue weighted by Gasteiger charge is 2.08. The normalized spacial score (nSPS) is 10.3. The van der Waals surface area contributed by atoms with Crippen LogP contribution in [0.2, 0.25) is 0 Å². The number of benzene rings is 1. The van der Waals surface area contributed by atoms with Gasteiger partial charge in [-0.15, -0.1) is 0 Å². The molecule has 78 valence electrons. The second-order valence-corrected chi connectivity index (χ2v) is 3.21. The lowest BCUT2D eigenvalue weighted by atomic mass is 10.1. The minimum atomic E-state index is -0.187. The van der Waals surface area contributed by atoms with Gasteiger partial charge in [-0.2, -0.15) is 0 Å². The largest absolute Gasteiger partial charge is 0.496 e. The van der Waals surface area contributed by atoms with Crippen LogP contribution in [0.25, 0.3) is 0 Å². The van der Waals surface area contributed by atoms with E-state index in [1.807, 2.05) is 6.92 Å². The molecule has 1 aromatic carbocycles. The van der Waals surface area contributed by atoms with Crippen LogP contribution in [0.5, 0.6) is 5.75 Å². The summed E-state index contributed by atoms with van der Waals surface area (Å²) in [5, 5.41) is 0. The van der Waals surface area contributed by atoms with Crippen LogP contribution in [-0.2, 0) is 13.0 Å². The van der Waals surface area contributed by atoms with Crippen molar-refractivity contribution in [3.63, 3.8) is 0 Å². The number of aryl methyl sites for hydroxylation is 1. The lowest BCUT2D eigenvalue weighted by Crippen LogP contribution is -2.02. The third-order valence-corrected chi connectivity index (χ3v) is 2.19. The van der Waals surface area contributed by atoms with E-state index in [2.05, 4.69) is 0 Å². The molecule has 0 bridgehead atoms. The number of nitrogens with two attached hydrogens (primary N) is 1. The van der Waals surface area contributed by atoms with Crippen LogP contribution in [0.3, 0.4) is 0 Å². The average Bonchev–Trinajstić information content (AvgIpc) is 2.20. The van der Waals surface area contributed by atoms with Crippen molar-refractivity contribution in [3.05, 3.63) is 29.1 Å². The lowest BCUT2D eigenvalue weighted by molar-refractivity contribution is 0.407. The minimum absolute atomic E-state index is 0.187. The number of rotatable bonds is 4. The van der Waals surface area contributed by atoms with Crippen molar-refractivity contribution in [1.82, 2.24) is 0 Å². The molecule has 0 fully saturated rings. The number of methoxy groups -OCH3 is 1. The van der Waals surface area contributed by atoms with Gasteiger partial charge in [0.25, 0.3) is 0 Å². The average molecular weight is 197 g/mol. The molecule has 0 amide bonds. The van der Waals surface area contributed by atoms with E-state index in [1.54, 1.807) is 13.2 Å². The van der Waals surface area contributed by atoms with Crippen molar-refractivity contribution in [2.24, 2.45) is 5.73 Å². The zero-order valence-electron chi connectivity index (χ0n) is 8.64. The first kappa shape index (κ1) is 11.0. The summed E-state index contributed by atoms with van der Waals surface area (Å²) in [5.74, 6) is 0.491. The van der Waals surface area contributed by atoms with E-state index in [9.17, 15) is 4.39 Å². The number of hydrogen-bond donors (Lipinski definition) is 1. The van der Waals surface area contributed by atoms with Crippen LogP contribution >= 0.6 is 0 Å². The maximum Gasteiger partial charge on any atom is 0.126 e. The Balaban J connectivity index is 3.09. The SMILES string of the molecule is CCCc1cc(OC)c(CN)cc1F. The molecule has 3 heteroatoms. The molecular formula is C11H16FNO. The predicted octanol–water partition coefficient (Wildman–Crippen LogP) is 2.25. The zero-order valence-corrected chi connectivity index (χ0v) is 8.64. The molecule has 0 heterocycles. The van der Waals surface area contributed by atoms with Crippen molar-refractivity contribution < 1.29 is 9.13 Å². The van der Waals surface area contributed by atoms with Crippen molar-refractivity contribution in [2.75, 3.05) is 7.11 Å². The van der Waals surface area contributed by atoms with Gasteiger partial charge in [-0.1, -0.05) is 13.3 Å². The second kappa shape index (κ2) is 4.96. The van der Waals surface area contributed by atoms with Crippen molar-refractivity contribution in [2.45, 2.75) is 26.3 Å². The predicted molar refractivity (Wildman–Crippen MR) is 54.8 cm³/mol. The maximum atomic E-state index is 13.4. The smallest absolute Gasteiger partial charge is 0.126 e. The van der Waals surface area contributed by atoms with Gasteiger partial charge in [0.1, 0.15) is 11.6 Å². The molecule has 14 heavy (non-hydrogen) atoms. The fourth-order valence-corrected chi connectivity index (χ4v) is 1.45. The van der Waals surface area contributed by atoms with Crippen LogP contribution in [0.4, 0.5) is 4.39 Å². The molecule has 0 saturated carbocycles. The van der Waals surface area contributed by atoms with E-state index >= 15 is 0 Å². The van der Waals surface area contributed by atoms with Crippen LogP contribution in [0.1, 0.15) is 24.5 Å². The molecule has 1 aromatic rings. The summed E-state index contributed by atoms with van der Waals surface area (Å²) in [7, 11) is 1.57. The first-order valence-electron chi connectivity index (χ1n) is 4.78. The van der Waals surface area contributed by atoms with E-state index < -0.39 is 0 Å². The topological polar surface area (TPSA) is 35.2 Å². The number of hydrogen-bond acceptors (Lipinski definition) is 2. The van der Waals surface area contributed by atoms with E-state index in [-0.39, 0.29) is 5.82 Å². The Morgan fingerprint density at radius 1 is 1.36 bits per heavy atom. The Kier molecular flexibility index (Phi) is 3.89. The van der Waals surface area contributed by atoms with Crippen molar-refractivity contribution in [1.29, 1.82) is 0 Å². The molecule has 0 atom stereocenters. The monoisotopic (exact) mass is 197 g/mol. The summed E-state index contributed by atoms with van der Waals surface area (Å²) >= 11 is 0. The molecular weight excluding hydrogens is 181 g/mol. The summed E-state index contributed by atoms with van der Waals surface area (Å²) in [4.78, 5) is 0. The van der Waals surface area contributed by atoms with Gasteiger partial charge in [0, 0.05) is 12.1 Å². The highest BCUT2D eigenvalue weighted by molar-refractivity contribution is 5.38. The highest BCUT2D eigenvalue weighted by Crippen LogP contribution is 2.23. The Hall–Kier alpha value is -1.09. The third kappa shape index (κ3) is 2.23. The first-order valence-corrected chi connectivity index (χ1v) is 4.78. The summed E-state index contributed by atoms with van der Waals surface area (Å²) in [6.45, 7) is 2.31. The van der Waals surface area contributed by atoms with E-state index in [1.165, 1.54) is 6.07 Å². The van der Waals surface area contributed by atoms with Gasteiger partial charge >= 0.3 is 0 Å². The third-order valence-electron chi connectivity index (χ3n) is 2.19. The molecule has 0 aromatic heterocycles. The first-order chi connectivity index (χ1) is 6.72. The summed E-state index contributed by atoms with van der Waals surface area (Å²) in [6.07, 6.45) is 1.65. The Morgan fingerprint density at radius 3 is 2.57 bits per heavy atom. The Bertz CT molecular complexity index is 312. The molecule has 2 N–H and O–H groups in total. The fraction of sp³-hybridized carbons (Fsp3) is 0.455. The fourth-order valence-electron chi connectivity index (χ4n) is 1.45. The van der Waals surface area contributed by atoms with Crippen LogP contribution in [0.15, 0.2) is 12.1 Å². The van der Waals surface area contributed by atoms with Gasteiger partial charge in [-0.3, -0.25) is 0 Å². The van der Waals surface area contributed by atoms with Gasteiger partial charge < -0.3 is 10.5 Å². The van der Waals surface area contributed by atoms with Gasteiger partial charge in [0.05, 0.1) is 7.11 Å². The highest BCUT2D eigenvalue weighted by atomic mass is 19.1. The van der Waals surface area contributed by atoms with Crippen molar-refractivity contribution >= 4 is 0 Å². The molecule has 0 saturated heterocycles. The lowest BCUT2D eigenvalue weighted by Gasteiger charge is -2.09. The molecule has 0 spiro atoms. The summed E-state index contributed by atoms with van der Waals surface area (Å²) in [6, 6.07) is 3.20. The molecule has 0 radical (unpaired) electrons. The minimum Gasteiger partial charge on any atom is -0.496 e. The summed E-state index contributed by atoms with van der Waals surface area (Å²) < 4.78 is 18.6. The Morgan fingerprint density at radius 2 is 2.07 bits per heavy atom. The standard InChI is InChI=1S/C11H16FNO/c1-3-4-8-6-11(14-2)9(7-13)5-10(8)12/h5-6H,3-4,7,13H2,1-2H3. The molecule has 1 rings (SSSR count). The summed E-state index contributed by atoms with van der Waals surface area (Å²) in [5.41, 5.74) is 6.88. The van der Waals surface area contributed by atoms with E-state index in [4.69, 9.17) is 10.5 Å². The quantitative estimate of drug-likeness (QED) is 0.803.